The molecule has 0 aromatic carbocycles. The van der Waals surface area contributed by atoms with Crippen molar-refractivity contribution in [2.75, 3.05) is 7.11 Å². The average molecular weight is 293 g/mol. The van der Waals surface area contributed by atoms with Crippen LogP contribution in [0, 0.1) is 5.92 Å². The number of aromatic nitrogens is 2. The lowest BCUT2D eigenvalue weighted by atomic mass is 9.94. The molecular formula is C15H23N3O3. The Morgan fingerprint density at radius 2 is 2.14 bits per heavy atom. The van der Waals surface area contributed by atoms with E-state index in [2.05, 4.69) is 15.3 Å². The molecule has 1 heterocycles. The molecule has 1 fully saturated rings. The Bertz CT molecular complexity index is 498. The van der Waals surface area contributed by atoms with Crippen LogP contribution in [0.5, 0.6) is 0 Å². The third-order valence-corrected chi connectivity index (χ3v) is 4.04. The van der Waals surface area contributed by atoms with E-state index in [0.29, 0.717) is 5.69 Å². The molecule has 1 aromatic rings. The van der Waals surface area contributed by atoms with E-state index in [1.165, 1.54) is 13.3 Å². The summed E-state index contributed by atoms with van der Waals surface area (Å²) in [6, 6.07) is -0.166. The molecule has 0 aliphatic heterocycles. The lowest BCUT2D eigenvalue weighted by molar-refractivity contribution is -0.146. The number of hydrogen-bond acceptors (Lipinski definition) is 4. The minimum atomic E-state index is -0.255. The van der Waals surface area contributed by atoms with Crippen molar-refractivity contribution in [2.45, 2.75) is 51.5 Å². The van der Waals surface area contributed by atoms with E-state index in [9.17, 15) is 9.59 Å². The van der Waals surface area contributed by atoms with Crippen molar-refractivity contribution in [3.63, 3.8) is 0 Å². The van der Waals surface area contributed by atoms with Crippen molar-refractivity contribution in [3.05, 3.63) is 17.7 Å². The number of amides is 1. The van der Waals surface area contributed by atoms with E-state index < -0.39 is 0 Å². The van der Waals surface area contributed by atoms with Crippen molar-refractivity contribution < 1.29 is 14.3 Å². The van der Waals surface area contributed by atoms with Gasteiger partial charge in [0.1, 0.15) is 11.5 Å². The molecule has 0 bridgehead atoms. The normalized spacial score (nSPS) is 22.4. The molecule has 21 heavy (non-hydrogen) atoms. The number of rotatable bonds is 4. The van der Waals surface area contributed by atoms with E-state index in [1.807, 2.05) is 6.92 Å². The van der Waals surface area contributed by atoms with Crippen molar-refractivity contribution >= 4 is 11.9 Å². The lowest BCUT2D eigenvalue weighted by Gasteiger charge is -2.23. The maximum absolute atomic E-state index is 12.3. The van der Waals surface area contributed by atoms with Gasteiger partial charge in [0.05, 0.1) is 19.2 Å². The van der Waals surface area contributed by atoms with Crippen LogP contribution < -0.4 is 5.32 Å². The summed E-state index contributed by atoms with van der Waals surface area (Å²) in [6.45, 7) is 1.97. The topological polar surface area (TPSA) is 84.1 Å². The summed E-state index contributed by atoms with van der Waals surface area (Å²) < 4.78 is 4.87. The van der Waals surface area contributed by atoms with E-state index in [-0.39, 0.29) is 23.8 Å². The van der Waals surface area contributed by atoms with Gasteiger partial charge in [0.15, 0.2) is 0 Å². The number of imidazole rings is 1. The molecule has 2 atom stereocenters. The van der Waals surface area contributed by atoms with E-state index in [1.54, 1.807) is 0 Å². The first-order valence-electron chi connectivity index (χ1n) is 7.58. The predicted octanol–water partition coefficient (Wildman–Crippen LogP) is 1.82. The zero-order valence-electron chi connectivity index (χ0n) is 12.6. The van der Waals surface area contributed by atoms with Crippen LogP contribution in [0.4, 0.5) is 0 Å². The molecule has 1 aliphatic rings. The first-order chi connectivity index (χ1) is 10.2. The number of hydrogen-bond donors (Lipinski definition) is 2. The van der Waals surface area contributed by atoms with Crippen LogP contribution in [0.25, 0.3) is 0 Å². The van der Waals surface area contributed by atoms with Gasteiger partial charge in [0, 0.05) is 12.5 Å². The molecule has 6 heteroatoms. The monoisotopic (exact) mass is 293 g/mol. The fourth-order valence-electron chi connectivity index (χ4n) is 2.82. The quantitative estimate of drug-likeness (QED) is 0.655. The van der Waals surface area contributed by atoms with Gasteiger partial charge < -0.3 is 15.0 Å². The molecule has 1 saturated carbocycles. The van der Waals surface area contributed by atoms with Gasteiger partial charge in [-0.15, -0.1) is 0 Å². The number of H-pyrrole nitrogens is 1. The van der Waals surface area contributed by atoms with Crippen LogP contribution in [-0.4, -0.2) is 35.0 Å². The summed E-state index contributed by atoms with van der Waals surface area (Å²) in [7, 11) is 1.40. The van der Waals surface area contributed by atoms with Crippen LogP contribution >= 0.6 is 0 Å². The third kappa shape index (κ3) is 3.83. The Balaban J connectivity index is 2.06. The number of aryl methyl sites for hydroxylation is 1. The van der Waals surface area contributed by atoms with Gasteiger partial charge in [-0.05, 0) is 12.8 Å². The maximum Gasteiger partial charge on any atom is 0.310 e. The van der Waals surface area contributed by atoms with Gasteiger partial charge in [0.2, 0.25) is 0 Å². The highest BCUT2D eigenvalue weighted by Crippen LogP contribution is 2.24. The summed E-state index contributed by atoms with van der Waals surface area (Å²) in [5.74, 6) is 0.0876. The van der Waals surface area contributed by atoms with E-state index in [0.717, 1.165) is 44.3 Å². The molecule has 0 spiro atoms. The first kappa shape index (κ1) is 15.5. The standard InChI is InChI=1S/C15H23N3O3/c1-3-13-16-9-12(17-13)14(19)18-11-8-6-4-5-7-10(11)15(20)21-2/h9-11H,3-8H2,1-2H3,(H,16,17)(H,18,19)/t10-,11+/m0/s1. The molecule has 0 unspecified atom stereocenters. The number of ether oxygens (including phenoxy) is 1. The zero-order valence-corrected chi connectivity index (χ0v) is 12.6. The molecule has 0 saturated heterocycles. The summed E-state index contributed by atoms with van der Waals surface area (Å²) in [5.41, 5.74) is 0.444. The Kier molecular flexibility index (Phi) is 5.36. The van der Waals surface area contributed by atoms with Crippen molar-refractivity contribution in [1.82, 2.24) is 15.3 Å². The second-order valence-corrected chi connectivity index (χ2v) is 5.44. The van der Waals surface area contributed by atoms with Crippen molar-refractivity contribution in [2.24, 2.45) is 5.92 Å². The number of carbonyl (C=O) groups is 2. The SMILES string of the molecule is CCc1ncc(C(=O)N[C@@H]2CCCCC[C@@H]2C(=O)OC)[nH]1. The summed E-state index contributed by atoms with van der Waals surface area (Å²) in [5, 5.41) is 2.97. The fourth-order valence-corrected chi connectivity index (χ4v) is 2.82. The van der Waals surface area contributed by atoms with Crippen LogP contribution in [0.15, 0.2) is 6.20 Å². The largest absolute Gasteiger partial charge is 0.469 e. The van der Waals surface area contributed by atoms with Gasteiger partial charge in [-0.3, -0.25) is 9.59 Å². The number of aromatic amines is 1. The van der Waals surface area contributed by atoms with Crippen LogP contribution in [0.3, 0.4) is 0 Å². The minimum absolute atomic E-state index is 0.166. The highest BCUT2D eigenvalue weighted by Gasteiger charge is 2.31. The second kappa shape index (κ2) is 7.24. The Morgan fingerprint density at radius 3 is 2.81 bits per heavy atom. The van der Waals surface area contributed by atoms with Crippen molar-refractivity contribution in [3.8, 4) is 0 Å². The van der Waals surface area contributed by atoms with Gasteiger partial charge >= 0.3 is 5.97 Å². The zero-order chi connectivity index (χ0) is 15.2. The number of nitrogens with one attached hydrogen (secondary N) is 2. The second-order valence-electron chi connectivity index (χ2n) is 5.44. The molecular weight excluding hydrogens is 270 g/mol. The molecule has 2 N–H and O–H groups in total. The highest BCUT2D eigenvalue weighted by molar-refractivity contribution is 5.92. The lowest BCUT2D eigenvalue weighted by Crippen LogP contribution is -2.43. The molecule has 6 nitrogen and oxygen atoms in total. The number of methoxy groups -OCH3 is 1. The van der Waals surface area contributed by atoms with Gasteiger partial charge in [-0.25, -0.2) is 4.98 Å². The first-order valence-corrected chi connectivity index (χ1v) is 7.58. The van der Waals surface area contributed by atoms with Gasteiger partial charge in [-0.2, -0.15) is 0 Å². The van der Waals surface area contributed by atoms with E-state index in [4.69, 9.17) is 4.74 Å². The molecule has 1 aliphatic carbocycles. The van der Waals surface area contributed by atoms with Gasteiger partial charge in [-0.1, -0.05) is 26.2 Å². The number of nitrogens with zero attached hydrogens (tertiary/aromatic N) is 1. The van der Waals surface area contributed by atoms with Crippen LogP contribution in [-0.2, 0) is 16.0 Å². The Hall–Kier alpha value is -1.85. The molecule has 1 amide bonds. The van der Waals surface area contributed by atoms with Crippen LogP contribution in [0.1, 0.15) is 55.3 Å². The Labute approximate surface area is 124 Å². The number of esters is 1. The summed E-state index contributed by atoms with van der Waals surface area (Å²) >= 11 is 0. The summed E-state index contributed by atoms with van der Waals surface area (Å²) in [4.78, 5) is 31.3. The van der Waals surface area contributed by atoms with Gasteiger partial charge in [0.25, 0.3) is 5.91 Å². The third-order valence-electron chi connectivity index (χ3n) is 4.04. The molecule has 2 rings (SSSR count). The fraction of sp³-hybridized carbons (Fsp3) is 0.667. The molecule has 1 aromatic heterocycles. The molecule has 0 radical (unpaired) electrons. The van der Waals surface area contributed by atoms with Crippen molar-refractivity contribution in [1.29, 1.82) is 0 Å². The Morgan fingerprint density at radius 1 is 1.38 bits per heavy atom. The minimum Gasteiger partial charge on any atom is -0.469 e. The predicted molar refractivity (Wildman–Crippen MR) is 77.8 cm³/mol. The maximum atomic E-state index is 12.3. The smallest absolute Gasteiger partial charge is 0.310 e. The average Bonchev–Trinajstić information content (AvgIpc) is 2.87. The van der Waals surface area contributed by atoms with E-state index >= 15 is 0 Å². The summed E-state index contributed by atoms with van der Waals surface area (Å²) in [6.07, 6.45) is 6.96. The highest BCUT2D eigenvalue weighted by atomic mass is 16.5. The van der Waals surface area contributed by atoms with Crippen LogP contribution in [0.2, 0.25) is 0 Å². The number of carbonyl (C=O) groups excluding carboxylic acids is 2. The molecule has 116 valence electrons.